The van der Waals surface area contributed by atoms with Crippen LogP contribution in [0.4, 0.5) is 0 Å². The lowest BCUT2D eigenvalue weighted by Gasteiger charge is -2.11. The summed E-state index contributed by atoms with van der Waals surface area (Å²) < 4.78 is 26.8. The van der Waals surface area contributed by atoms with E-state index < -0.39 is 10.0 Å². The maximum absolute atomic E-state index is 12.1. The van der Waals surface area contributed by atoms with Crippen LogP contribution in [0.15, 0.2) is 59.7 Å². The van der Waals surface area contributed by atoms with Crippen molar-refractivity contribution in [1.29, 1.82) is 0 Å². The Hall–Kier alpha value is -1.72. The van der Waals surface area contributed by atoms with Crippen LogP contribution < -0.4 is 15.4 Å². The molecule has 9 heteroatoms. The molecule has 154 valence electrons. The van der Waals surface area contributed by atoms with Crippen LogP contribution in [0, 0.1) is 0 Å². The molecule has 3 N–H and O–H groups in total. The molecule has 0 aliphatic heterocycles. The summed E-state index contributed by atoms with van der Waals surface area (Å²) in [5, 5.41) is 6.31. The van der Waals surface area contributed by atoms with Crippen LogP contribution in [0.5, 0.6) is 0 Å². The highest BCUT2D eigenvalue weighted by atomic mass is 127. The summed E-state index contributed by atoms with van der Waals surface area (Å²) in [6.45, 7) is 3.81. The van der Waals surface area contributed by atoms with Gasteiger partial charge in [-0.15, -0.1) is 24.0 Å². The van der Waals surface area contributed by atoms with E-state index in [1.54, 1.807) is 6.20 Å². The lowest BCUT2D eigenvalue weighted by atomic mass is 10.2. The molecule has 0 radical (unpaired) electrons. The van der Waals surface area contributed by atoms with Crippen molar-refractivity contribution in [2.45, 2.75) is 19.9 Å². The highest BCUT2D eigenvalue weighted by Gasteiger charge is 2.09. The van der Waals surface area contributed by atoms with Crippen LogP contribution in [0.25, 0.3) is 0 Å². The molecule has 1 aromatic heterocycles. The number of sulfonamides is 1. The number of nitrogens with zero attached hydrogens (tertiary/aromatic N) is 2. The summed E-state index contributed by atoms with van der Waals surface area (Å²) in [5.74, 6) is 0.545. The highest BCUT2D eigenvalue weighted by Crippen LogP contribution is 1.99. The average Bonchev–Trinajstić information content (AvgIpc) is 2.68. The Morgan fingerprint density at radius 1 is 1.07 bits per heavy atom. The molecule has 0 amide bonds. The molecule has 0 bridgehead atoms. The average molecular weight is 517 g/mol. The maximum atomic E-state index is 12.1. The molecule has 0 atom stereocenters. The van der Waals surface area contributed by atoms with E-state index in [9.17, 15) is 8.42 Å². The number of nitrogens with one attached hydrogen (secondary N) is 3. The van der Waals surface area contributed by atoms with Gasteiger partial charge < -0.3 is 10.6 Å². The van der Waals surface area contributed by atoms with Gasteiger partial charge in [-0.25, -0.2) is 13.1 Å². The zero-order valence-electron chi connectivity index (χ0n) is 16.0. The minimum Gasteiger partial charge on any atom is -0.357 e. The highest BCUT2D eigenvalue weighted by molar-refractivity contribution is 14.0. The van der Waals surface area contributed by atoms with Crippen molar-refractivity contribution >= 4 is 40.0 Å². The molecule has 28 heavy (non-hydrogen) atoms. The van der Waals surface area contributed by atoms with Crippen molar-refractivity contribution in [2.24, 2.45) is 4.99 Å². The van der Waals surface area contributed by atoms with Crippen molar-refractivity contribution in [3.05, 3.63) is 66.0 Å². The Bertz CT molecular complexity index is 802. The topological polar surface area (TPSA) is 95.5 Å². The molecule has 7 nitrogen and oxygen atoms in total. The molecule has 2 rings (SSSR count). The molecule has 0 aliphatic carbocycles. The van der Waals surface area contributed by atoms with E-state index in [-0.39, 0.29) is 42.8 Å². The molecule has 0 spiro atoms. The Morgan fingerprint density at radius 3 is 2.50 bits per heavy atom. The van der Waals surface area contributed by atoms with Gasteiger partial charge in [0, 0.05) is 37.9 Å². The fraction of sp³-hybridized carbons (Fsp3) is 0.368. The second-order valence-corrected chi connectivity index (χ2v) is 7.81. The summed E-state index contributed by atoms with van der Waals surface area (Å²) in [7, 11) is -3.38. The number of benzene rings is 1. The third-order valence-corrected chi connectivity index (χ3v) is 5.02. The standard InChI is InChI=1S/C19H27N5O2S.HI/c1-2-20-19(22-13-11-18-10-6-7-12-21-18)23-14-15-27(25,26)24-16-17-8-4-3-5-9-17;/h3-10,12,24H,2,11,13-16H2,1H3,(H2,20,22,23);1H. The molecule has 0 saturated carbocycles. The first-order valence-electron chi connectivity index (χ1n) is 9.02. The lowest BCUT2D eigenvalue weighted by molar-refractivity contribution is 0.581. The fourth-order valence-corrected chi connectivity index (χ4v) is 3.20. The van der Waals surface area contributed by atoms with Gasteiger partial charge >= 0.3 is 0 Å². The SMILES string of the molecule is CCNC(=NCCS(=O)(=O)NCc1ccccc1)NCCc1ccccn1.I. The first-order valence-corrected chi connectivity index (χ1v) is 10.7. The van der Waals surface area contributed by atoms with E-state index in [1.807, 2.05) is 55.5 Å². The number of hydrogen-bond donors (Lipinski definition) is 3. The molecule has 1 aromatic carbocycles. The Kier molecular flexibility index (Phi) is 11.7. The van der Waals surface area contributed by atoms with Crippen LogP contribution in [0.2, 0.25) is 0 Å². The summed E-state index contributed by atoms with van der Waals surface area (Å²) in [6, 6.07) is 15.2. The van der Waals surface area contributed by atoms with Crippen LogP contribution >= 0.6 is 24.0 Å². The molecule has 2 aromatic rings. The van der Waals surface area contributed by atoms with E-state index in [2.05, 4.69) is 25.3 Å². The van der Waals surface area contributed by atoms with Crippen LogP contribution in [0.3, 0.4) is 0 Å². The predicted molar refractivity (Wildman–Crippen MR) is 124 cm³/mol. The molecule has 0 unspecified atom stereocenters. The normalized spacial score (nSPS) is 11.5. The van der Waals surface area contributed by atoms with Gasteiger partial charge in [0.25, 0.3) is 0 Å². The first kappa shape index (κ1) is 24.3. The summed E-state index contributed by atoms with van der Waals surface area (Å²) >= 11 is 0. The van der Waals surface area contributed by atoms with Crippen LogP contribution in [-0.2, 0) is 23.0 Å². The molecule has 0 fully saturated rings. The van der Waals surface area contributed by atoms with Gasteiger partial charge in [0.05, 0.1) is 12.3 Å². The van der Waals surface area contributed by atoms with Gasteiger partial charge in [0.1, 0.15) is 0 Å². The van der Waals surface area contributed by atoms with E-state index >= 15 is 0 Å². The van der Waals surface area contributed by atoms with Gasteiger partial charge in [0.2, 0.25) is 10.0 Å². The van der Waals surface area contributed by atoms with Gasteiger partial charge in [0.15, 0.2) is 5.96 Å². The van der Waals surface area contributed by atoms with E-state index in [1.165, 1.54) is 0 Å². The van der Waals surface area contributed by atoms with Crippen molar-refractivity contribution in [2.75, 3.05) is 25.4 Å². The number of guanidine groups is 1. The molecule has 1 heterocycles. The maximum Gasteiger partial charge on any atom is 0.213 e. The van der Waals surface area contributed by atoms with Gasteiger partial charge in [-0.1, -0.05) is 36.4 Å². The van der Waals surface area contributed by atoms with Crippen molar-refractivity contribution < 1.29 is 8.42 Å². The van der Waals surface area contributed by atoms with Gasteiger partial charge in [-0.3, -0.25) is 9.98 Å². The largest absolute Gasteiger partial charge is 0.357 e. The lowest BCUT2D eigenvalue weighted by Crippen LogP contribution is -2.39. The van der Waals surface area contributed by atoms with E-state index in [4.69, 9.17) is 0 Å². The predicted octanol–water partition coefficient (Wildman–Crippen LogP) is 1.92. The molecular weight excluding hydrogens is 489 g/mol. The Labute approximate surface area is 184 Å². The number of rotatable bonds is 10. The summed E-state index contributed by atoms with van der Waals surface area (Å²) in [4.78, 5) is 8.61. The zero-order valence-corrected chi connectivity index (χ0v) is 19.1. The summed E-state index contributed by atoms with van der Waals surface area (Å²) in [5.41, 5.74) is 1.92. The molecule has 0 saturated heterocycles. The first-order chi connectivity index (χ1) is 13.1. The minimum absolute atomic E-state index is 0. The van der Waals surface area contributed by atoms with Crippen molar-refractivity contribution in [1.82, 2.24) is 20.3 Å². The van der Waals surface area contributed by atoms with Gasteiger partial charge in [-0.05, 0) is 24.6 Å². The number of aromatic nitrogens is 1. The fourth-order valence-electron chi connectivity index (χ4n) is 2.34. The number of aliphatic imine (C=N–C) groups is 1. The summed E-state index contributed by atoms with van der Waals surface area (Å²) in [6.07, 6.45) is 2.53. The second-order valence-electron chi connectivity index (χ2n) is 5.88. The Balaban J connectivity index is 0.00000392. The van der Waals surface area contributed by atoms with E-state index in [0.717, 1.165) is 17.7 Å². The second kappa shape index (κ2) is 13.5. The monoisotopic (exact) mass is 517 g/mol. The third kappa shape index (κ3) is 10.00. The molecular formula is C19H28IN5O2S. The minimum atomic E-state index is -3.38. The number of pyridine rings is 1. The zero-order chi connectivity index (χ0) is 19.4. The van der Waals surface area contributed by atoms with Crippen LogP contribution in [-0.4, -0.2) is 44.7 Å². The number of halogens is 1. The third-order valence-electron chi connectivity index (χ3n) is 3.71. The quantitative estimate of drug-likeness (QED) is 0.254. The Morgan fingerprint density at radius 2 is 1.82 bits per heavy atom. The van der Waals surface area contributed by atoms with E-state index in [0.29, 0.717) is 19.0 Å². The van der Waals surface area contributed by atoms with Crippen molar-refractivity contribution in [3.8, 4) is 0 Å². The van der Waals surface area contributed by atoms with Crippen molar-refractivity contribution in [3.63, 3.8) is 0 Å². The van der Waals surface area contributed by atoms with Crippen LogP contribution in [0.1, 0.15) is 18.2 Å². The number of hydrogen-bond acceptors (Lipinski definition) is 4. The van der Waals surface area contributed by atoms with Gasteiger partial charge in [-0.2, -0.15) is 0 Å². The molecule has 0 aliphatic rings. The smallest absolute Gasteiger partial charge is 0.213 e.